The van der Waals surface area contributed by atoms with Crippen LogP contribution in [0.25, 0.3) is 11.6 Å². The Bertz CT molecular complexity index is 513. The highest BCUT2D eigenvalue weighted by molar-refractivity contribution is 7.98. The van der Waals surface area contributed by atoms with Gasteiger partial charge in [-0.2, -0.15) is 0 Å². The first-order chi connectivity index (χ1) is 8.11. The number of hydrogen-bond acceptors (Lipinski definition) is 4. The zero-order valence-corrected chi connectivity index (χ0v) is 9.47. The molecular formula is C10H7F3N2OS. The average molecular weight is 260 g/mol. The number of pyridine rings is 1. The lowest BCUT2D eigenvalue weighted by molar-refractivity contribution is 0.141. The van der Waals surface area contributed by atoms with Crippen molar-refractivity contribution < 1.29 is 17.6 Å². The Morgan fingerprint density at radius 3 is 2.59 bits per heavy atom. The molecule has 0 amide bonds. The molecule has 0 saturated carbocycles. The minimum atomic E-state index is -2.71. The predicted molar refractivity (Wildman–Crippen MR) is 56.4 cm³/mol. The van der Waals surface area contributed by atoms with Gasteiger partial charge in [0.1, 0.15) is 11.5 Å². The van der Waals surface area contributed by atoms with Gasteiger partial charge in [0.05, 0.1) is 6.20 Å². The van der Waals surface area contributed by atoms with Crippen molar-refractivity contribution in [3.8, 4) is 11.6 Å². The molecule has 0 aromatic carbocycles. The number of halogens is 3. The summed E-state index contributed by atoms with van der Waals surface area (Å²) in [5.74, 6) is -0.552. The smallest absolute Gasteiger partial charge is 0.284 e. The zero-order valence-electron chi connectivity index (χ0n) is 8.65. The summed E-state index contributed by atoms with van der Waals surface area (Å²) < 4.78 is 43.0. The molecule has 2 aromatic heterocycles. The van der Waals surface area contributed by atoms with E-state index >= 15 is 0 Å². The SMILES string of the molecule is CSc1oc(-c2ccc(F)cn2)nc1C(F)F. The van der Waals surface area contributed by atoms with E-state index in [4.69, 9.17) is 4.42 Å². The zero-order chi connectivity index (χ0) is 12.4. The van der Waals surface area contributed by atoms with E-state index in [0.717, 1.165) is 24.0 Å². The maximum absolute atomic E-state index is 12.6. The second-order valence-corrected chi connectivity index (χ2v) is 3.84. The van der Waals surface area contributed by atoms with Crippen molar-refractivity contribution in [2.24, 2.45) is 0 Å². The highest BCUT2D eigenvalue weighted by Gasteiger charge is 2.21. The minimum absolute atomic E-state index is 0.0374. The van der Waals surface area contributed by atoms with Gasteiger partial charge < -0.3 is 4.42 Å². The van der Waals surface area contributed by atoms with Gasteiger partial charge in [-0.1, -0.05) is 11.8 Å². The van der Waals surface area contributed by atoms with Crippen LogP contribution in [0.15, 0.2) is 27.8 Å². The molecule has 3 nitrogen and oxygen atoms in total. The number of aromatic nitrogens is 2. The van der Waals surface area contributed by atoms with E-state index in [-0.39, 0.29) is 16.7 Å². The molecule has 0 N–H and O–H groups in total. The number of hydrogen-bond donors (Lipinski definition) is 0. The van der Waals surface area contributed by atoms with Gasteiger partial charge in [0, 0.05) is 0 Å². The van der Waals surface area contributed by atoms with Gasteiger partial charge in [-0.25, -0.2) is 23.1 Å². The molecule has 7 heteroatoms. The fraction of sp³-hybridized carbons (Fsp3) is 0.200. The topological polar surface area (TPSA) is 38.9 Å². The van der Waals surface area contributed by atoms with Crippen LogP contribution in [0.1, 0.15) is 12.1 Å². The number of thioether (sulfide) groups is 1. The molecule has 17 heavy (non-hydrogen) atoms. The van der Waals surface area contributed by atoms with E-state index in [1.165, 1.54) is 6.07 Å². The molecule has 0 fully saturated rings. The molecule has 2 aromatic rings. The second kappa shape index (κ2) is 4.79. The van der Waals surface area contributed by atoms with Gasteiger partial charge in [-0.05, 0) is 18.4 Å². The molecule has 2 heterocycles. The standard InChI is InChI=1S/C10H7F3N2OS/c1-17-10-7(8(12)13)15-9(16-10)6-3-2-5(11)4-14-6/h2-4,8H,1H3. The van der Waals surface area contributed by atoms with Gasteiger partial charge in [0.2, 0.25) is 5.89 Å². The van der Waals surface area contributed by atoms with Crippen LogP contribution in [0.5, 0.6) is 0 Å². The van der Waals surface area contributed by atoms with Crippen LogP contribution in [0, 0.1) is 5.82 Å². The Kier molecular flexibility index (Phi) is 3.37. The normalized spacial score (nSPS) is 11.1. The van der Waals surface area contributed by atoms with E-state index < -0.39 is 17.9 Å². The van der Waals surface area contributed by atoms with Gasteiger partial charge in [0.25, 0.3) is 6.43 Å². The Hall–Kier alpha value is -1.50. The van der Waals surface area contributed by atoms with Crippen molar-refractivity contribution in [2.75, 3.05) is 6.26 Å². The molecule has 0 bridgehead atoms. The molecule has 90 valence electrons. The summed E-state index contributed by atoms with van der Waals surface area (Å²) in [4.78, 5) is 7.37. The van der Waals surface area contributed by atoms with Crippen molar-refractivity contribution in [1.82, 2.24) is 9.97 Å². The average Bonchev–Trinajstić information content (AvgIpc) is 2.74. The third-order valence-electron chi connectivity index (χ3n) is 1.96. The predicted octanol–water partition coefficient (Wildman–Crippen LogP) is 3.54. The molecule has 0 aliphatic rings. The number of oxazole rings is 1. The summed E-state index contributed by atoms with van der Waals surface area (Å²) >= 11 is 1.03. The van der Waals surface area contributed by atoms with Gasteiger partial charge >= 0.3 is 0 Å². The van der Waals surface area contributed by atoms with E-state index in [2.05, 4.69) is 9.97 Å². The third kappa shape index (κ3) is 2.44. The molecule has 0 saturated heterocycles. The van der Waals surface area contributed by atoms with E-state index in [0.29, 0.717) is 0 Å². The summed E-state index contributed by atoms with van der Waals surface area (Å²) in [5.41, 5.74) is -0.202. The molecule has 0 aliphatic carbocycles. The van der Waals surface area contributed by atoms with Gasteiger partial charge in [-0.3, -0.25) is 0 Å². The lowest BCUT2D eigenvalue weighted by Crippen LogP contribution is -1.88. The van der Waals surface area contributed by atoms with Crippen LogP contribution in [0.2, 0.25) is 0 Å². The van der Waals surface area contributed by atoms with Gasteiger partial charge in [-0.15, -0.1) is 0 Å². The van der Waals surface area contributed by atoms with Crippen LogP contribution in [-0.4, -0.2) is 16.2 Å². The maximum Gasteiger partial charge on any atom is 0.284 e. The quantitative estimate of drug-likeness (QED) is 0.791. The first-order valence-electron chi connectivity index (χ1n) is 4.56. The maximum atomic E-state index is 12.6. The minimum Gasteiger partial charge on any atom is -0.428 e. The van der Waals surface area contributed by atoms with E-state index in [1.54, 1.807) is 6.26 Å². The van der Waals surface area contributed by atoms with Crippen LogP contribution in [0.3, 0.4) is 0 Å². The largest absolute Gasteiger partial charge is 0.428 e. The summed E-state index contributed by atoms with van der Waals surface area (Å²) in [7, 11) is 0. The first-order valence-corrected chi connectivity index (χ1v) is 5.79. The molecular weight excluding hydrogens is 253 g/mol. The fourth-order valence-electron chi connectivity index (χ4n) is 1.21. The van der Waals surface area contributed by atoms with Crippen LogP contribution < -0.4 is 0 Å². The van der Waals surface area contributed by atoms with Crippen molar-refractivity contribution in [1.29, 1.82) is 0 Å². The number of nitrogens with zero attached hydrogens (tertiary/aromatic N) is 2. The molecule has 2 rings (SSSR count). The monoisotopic (exact) mass is 260 g/mol. The third-order valence-corrected chi connectivity index (χ3v) is 2.62. The summed E-state index contributed by atoms with van der Waals surface area (Å²) in [5, 5.41) is 0.0427. The lowest BCUT2D eigenvalue weighted by Gasteiger charge is -1.93. The van der Waals surface area contributed by atoms with E-state index in [1.807, 2.05) is 0 Å². The Morgan fingerprint density at radius 2 is 2.12 bits per heavy atom. The summed E-state index contributed by atoms with van der Waals surface area (Å²) in [6.45, 7) is 0. The van der Waals surface area contributed by atoms with Crippen molar-refractivity contribution >= 4 is 11.8 Å². The van der Waals surface area contributed by atoms with Crippen LogP contribution in [0.4, 0.5) is 13.2 Å². The van der Waals surface area contributed by atoms with Crippen LogP contribution in [-0.2, 0) is 0 Å². The van der Waals surface area contributed by atoms with Crippen molar-refractivity contribution in [2.45, 2.75) is 11.5 Å². The summed E-state index contributed by atoms with van der Waals surface area (Å²) in [6, 6.07) is 2.48. The molecule has 0 unspecified atom stereocenters. The fourth-order valence-corrected chi connectivity index (χ4v) is 1.72. The van der Waals surface area contributed by atoms with Crippen LogP contribution >= 0.6 is 11.8 Å². The summed E-state index contributed by atoms with van der Waals surface area (Å²) in [6.07, 6.45) is -0.135. The number of alkyl halides is 2. The Labute approximate surface area is 99.1 Å². The molecule has 0 aliphatic heterocycles. The van der Waals surface area contributed by atoms with Crippen molar-refractivity contribution in [3.05, 3.63) is 29.8 Å². The first kappa shape index (κ1) is 12.0. The Morgan fingerprint density at radius 1 is 1.35 bits per heavy atom. The lowest BCUT2D eigenvalue weighted by atomic mass is 10.3. The molecule has 0 spiro atoms. The highest BCUT2D eigenvalue weighted by Crippen LogP contribution is 2.32. The van der Waals surface area contributed by atoms with E-state index in [9.17, 15) is 13.2 Å². The second-order valence-electron chi connectivity index (χ2n) is 3.06. The van der Waals surface area contributed by atoms with Crippen molar-refractivity contribution in [3.63, 3.8) is 0 Å². The van der Waals surface area contributed by atoms with Gasteiger partial charge in [0.15, 0.2) is 10.8 Å². The molecule has 0 radical (unpaired) electrons. The molecule has 0 atom stereocenters. The number of rotatable bonds is 3. The highest BCUT2D eigenvalue weighted by atomic mass is 32.2. The Balaban J connectivity index is 2.42.